The van der Waals surface area contributed by atoms with Crippen LogP contribution in [0, 0.1) is 43.6 Å². The molecular formula is C55H52IrN2O-2. The number of hydrogen-bond donors (Lipinski definition) is 0. The zero-order chi connectivity index (χ0) is 50.1. The Morgan fingerprint density at radius 1 is 0.627 bits per heavy atom. The molecular weight excluding hydrogens is 897 g/mol. The summed E-state index contributed by atoms with van der Waals surface area (Å²) in [6, 6.07) is 42.4. The number of rotatable bonds is 5. The van der Waals surface area contributed by atoms with Crippen LogP contribution < -0.4 is 0 Å². The monoisotopic (exact) mass is 960 g/mol. The fourth-order valence-corrected chi connectivity index (χ4v) is 7.22. The molecule has 1 radical (unpaired) electrons. The van der Waals surface area contributed by atoms with Gasteiger partial charge in [-0.3, -0.25) is 0 Å². The van der Waals surface area contributed by atoms with Crippen molar-refractivity contribution in [2.45, 2.75) is 74.9 Å². The number of furan rings is 1. The molecule has 9 aromatic rings. The Balaban J connectivity index is 0.000000204. The molecule has 6 aromatic carbocycles. The first kappa shape index (κ1) is 29.7. The minimum absolute atomic E-state index is 0. The maximum Gasteiger partial charge on any atom is 0.129 e. The van der Waals surface area contributed by atoms with E-state index in [1.807, 2.05) is 54.6 Å². The van der Waals surface area contributed by atoms with E-state index in [0.717, 1.165) is 43.5 Å². The van der Waals surface area contributed by atoms with Crippen molar-refractivity contribution in [2.24, 2.45) is 10.8 Å². The molecule has 9 rings (SSSR count). The van der Waals surface area contributed by atoms with Crippen LogP contribution in [0.4, 0.5) is 0 Å². The average Bonchev–Trinajstić information content (AvgIpc) is 3.69. The number of benzene rings is 6. The van der Waals surface area contributed by atoms with Crippen LogP contribution >= 0.6 is 0 Å². The molecule has 0 aliphatic heterocycles. The first-order chi connectivity index (χ1) is 32.2. The average molecular weight is 960 g/mol. The Morgan fingerprint density at radius 2 is 1.32 bits per heavy atom. The van der Waals surface area contributed by atoms with E-state index >= 15 is 0 Å². The summed E-state index contributed by atoms with van der Waals surface area (Å²) < 4.78 is 97.1. The van der Waals surface area contributed by atoms with E-state index in [-0.39, 0.29) is 49.3 Å². The standard InChI is InChI=1S/C28H34N.C27H18NO.Ir/c1-20-13-14-22(15-25(20)21-11-9-8-10-12-21)26-16-23(17-27(2,3)4)24(19-29-26)18-28(5,6)7;1-16-14-24(28-15-17(16)2)23-9-5-8-21-22-13-12-19-11-10-18-6-3-4-7-20(18)25(19)27(22)29-26(21)23;/h8-13,15-16,19H,17-18H2,1-7H3;3-8,10-15H,1-2H3;/q2*-1;/i1D3,17D2,18D2;1D,2D3;. The van der Waals surface area contributed by atoms with E-state index in [2.05, 4.69) is 58.5 Å². The van der Waals surface area contributed by atoms with Crippen LogP contribution in [-0.4, -0.2) is 9.97 Å². The van der Waals surface area contributed by atoms with Crippen LogP contribution in [0.1, 0.15) is 84.4 Å². The Bertz CT molecular complexity index is 3380. The molecule has 0 aliphatic rings. The molecule has 0 atom stereocenters. The van der Waals surface area contributed by atoms with Crippen molar-refractivity contribution in [3.8, 4) is 33.6 Å². The smallest absolute Gasteiger partial charge is 0.129 e. The summed E-state index contributed by atoms with van der Waals surface area (Å²) in [6.45, 7) is 5.92. The van der Waals surface area contributed by atoms with Crippen molar-refractivity contribution in [3.63, 3.8) is 0 Å². The normalized spacial score (nSPS) is 15.5. The predicted octanol–water partition coefficient (Wildman–Crippen LogP) is 15.1. The third-order valence-electron chi connectivity index (χ3n) is 9.79. The third-order valence-corrected chi connectivity index (χ3v) is 9.79. The van der Waals surface area contributed by atoms with Crippen molar-refractivity contribution < 1.29 is 39.6 Å². The van der Waals surface area contributed by atoms with Gasteiger partial charge < -0.3 is 14.4 Å². The van der Waals surface area contributed by atoms with Gasteiger partial charge in [0.25, 0.3) is 0 Å². The third kappa shape index (κ3) is 8.96. The molecule has 3 aromatic heterocycles. The molecule has 4 heteroatoms. The Hall–Kier alpha value is -5.41. The zero-order valence-electron chi connectivity index (χ0n) is 45.0. The first-order valence-corrected chi connectivity index (χ1v) is 19.3. The van der Waals surface area contributed by atoms with Gasteiger partial charge in [0.2, 0.25) is 0 Å². The summed E-state index contributed by atoms with van der Waals surface area (Å²) in [7, 11) is 0. The number of aryl methyl sites for hydroxylation is 3. The fourth-order valence-electron chi connectivity index (χ4n) is 7.22. The molecule has 3 heterocycles. The van der Waals surface area contributed by atoms with Gasteiger partial charge in [-0.25, -0.2) is 0 Å². The number of nitrogens with zero attached hydrogens (tertiary/aromatic N) is 2. The van der Waals surface area contributed by atoms with E-state index in [9.17, 15) is 0 Å². The van der Waals surface area contributed by atoms with Crippen molar-refractivity contribution in [3.05, 3.63) is 168 Å². The summed E-state index contributed by atoms with van der Waals surface area (Å²) in [4.78, 5) is 8.96. The fraction of sp³-hybridized carbons (Fsp3) is 0.236. The van der Waals surface area contributed by atoms with Gasteiger partial charge in [-0.1, -0.05) is 161 Å². The predicted molar refractivity (Wildman–Crippen MR) is 245 cm³/mol. The second-order valence-electron chi connectivity index (χ2n) is 16.7. The second-order valence-corrected chi connectivity index (χ2v) is 16.7. The molecule has 0 N–H and O–H groups in total. The summed E-state index contributed by atoms with van der Waals surface area (Å²) >= 11 is 0. The van der Waals surface area contributed by atoms with Crippen LogP contribution in [0.25, 0.3) is 77.1 Å². The van der Waals surface area contributed by atoms with Crippen LogP contribution in [0.3, 0.4) is 0 Å². The number of fused-ring (bicyclic) bond motifs is 7. The Labute approximate surface area is 378 Å². The van der Waals surface area contributed by atoms with Crippen LogP contribution in [-0.2, 0) is 32.9 Å². The van der Waals surface area contributed by atoms with Crippen LogP contribution in [0.5, 0.6) is 0 Å². The first-order valence-electron chi connectivity index (χ1n) is 25.0. The van der Waals surface area contributed by atoms with Crippen molar-refractivity contribution in [1.29, 1.82) is 0 Å². The molecule has 0 bridgehead atoms. The second kappa shape index (κ2) is 16.7. The minimum atomic E-state index is -2.34. The summed E-state index contributed by atoms with van der Waals surface area (Å²) in [5.74, 6) is 0. The van der Waals surface area contributed by atoms with Crippen molar-refractivity contribution in [2.75, 3.05) is 0 Å². The Morgan fingerprint density at radius 3 is 2.08 bits per heavy atom. The van der Waals surface area contributed by atoms with E-state index in [4.69, 9.17) is 19.5 Å². The summed E-state index contributed by atoms with van der Waals surface area (Å²) in [6.07, 6.45) is -0.951. The van der Waals surface area contributed by atoms with Crippen LogP contribution in [0.15, 0.2) is 132 Å². The maximum atomic E-state index is 8.98. The van der Waals surface area contributed by atoms with Gasteiger partial charge in [0, 0.05) is 58.3 Å². The summed E-state index contributed by atoms with van der Waals surface area (Å²) in [5, 5.41) is 6.38. The zero-order valence-corrected chi connectivity index (χ0v) is 36.4. The van der Waals surface area contributed by atoms with Crippen molar-refractivity contribution >= 4 is 43.5 Å². The topological polar surface area (TPSA) is 38.9 Å². The Kier molecular flexibility index (Phi) is 8.41. The van der Waals surface area contributed by atoms with Gasteiger partial charge in [-0.2, -0.15) is 0 Å². The quantitative estimate of drug-likeness (QED) is 0.127. The van der Waals surface area contributed by atoms with E-state index in [0.29, 0.717) is 39.2 Å². The van der Waals surface area contributed by atoms with E-state index in [1.54, 1.807) is 59.7 Å². The molecule has 59 heavy (non-hydrogen) atoms. The molecule has 0 unspecified atom stereocenters. The number of pyridine rings is 2. The maximum absolute atomic E-state index is 8.98. The van der Waals surface area contributed by atoms with E-state index < -0.39 is 37.3 Å². The van der Waals surface area contributed by atoms with Crippen molar-refractivity contribution in [1.82, 2.24) is 9.97 Å². The largest absolute Gasteiger partial charge is 0.500 e. The van der Waals surface area contributed by atoms with E-state index in [1.165, 1.54) is 18.5 Å². The van der Waals surface area contributed by atoms with Gasteiger partial charge >= 0.3 is 0 Å². The number of hydrogen-bond acceptors (Lipinski definition) is 3. The molecule has 0 fully saturated rings. The SMILES string of the molecule is [2H]C([2H])([2H])c1c[c-]c(-c2cc(C([2H])([2H])C(C)(C)C)c(C([2H])([2H])C(C)(C)C)cn2)cc1-c1ccccc1.[2H]Cc1cc(-c2[c-]ccc3c2oc2c3ccc3ccc4ccccc4c32)ncc1C([2H])([2H])[2H].[Ir]. The number of aromatic nitrogens is 2. The molecule has 0 amide bonds. The van der Waals surface area contributed by atoms with Gasteiger partial charge in [-0.05, 0) is 87.1 Å². The molecule has 3 nitrogen and oxygen atoms in total. The van der Waals surface area contributed by atoms with Gasteiger partial charge in [0.15, 0.2) is 0 Å². The minimum Gasteiger partial charge on any atom is -0.500 e. The molecule has 299 valence electrons. The molecule has 0 spiro atoms. The van der Waals surface area contributed by atoms with Gasteiger partial charge in [-0.15, -0.1) is 47.5 Å². The molecule has 0 aliphatic carbocycles. The summed E-state index contributed by atoms with van der Waals surface area (Å²) in [5.41, 5.74) is 4.37. The molecule has 0 saturated heterocycles. The van der Waals surface area contributed by atoms with Crippen LogP contribution in [0.2, 0.25) is 0 Å². The van der Waals surface area contributed by atoms with Gasteiger partial charge in [0.1, 0.15) is 5.58 Å². The van der Waals surface area contributed by atoms with Gasteiger partial charge in [0.05, 0.1) is 5.58 Å². The molecule has 0 saturated carbocycles.